The Morgan fingerprint density at radius 1 is 1.15 bits per heavy atom. The van der Waals surface area contributed by atoms with Crippen LogP contribution in [-0.4, -0.2) is 37.3 Å². The van der Waals surface area contributed by atoms with Crippen molar-refractivity contribution in [3.8, 4) is 5.75 Å². The number of sulfonamides is 1. The van der Waals surface area contributed by atoms with E-state index < -0.39 is 21.6 Å². The molecule has 3 rings (SSSR count). The molecule has 0 atom stereocenters. The molecule has 0 heterocycles. The number of carbonyl (C=O) groups is 2. The van der Waals surface area contributed by atoms with Crippen LogP contribution in [0.4, 0.5) is 5.69 Å². The zero-order valence-electron chi connectivity index (χ0n) is 14.2. The van der Waals surface area contributed by atoms with Crippen molar-refractivity contribution in [2.75, 3.05) is 6.54 Å². The fourth-order valence-corrected chi connectivity index (χ4v) is 3.78. The molecule has 5 N–H and O–H groups in total. The number of benzene rings is 2. The number of phenolic OH excluding ortho intramolecular Hbond substituents is 1. The molecule has 0 aliphatic heterocycles. The molecule has 1 aliphatic carbocycles. The first-order chi connectivity index (χ1) is 12.7. The predicted octanol–water partition coefficient (Wildman–Crippen LogP) is 1.08. The first-order valence-corrected chi connectivity index (χ1v) is 9.59. The van der Waals surface area contributed by atoms with Crippen molar-refractivity contribution in [3.05, 3.63) is 53.1 Å². The van der Waals surface area contributed by atoms with Crippen LogP contribution in [0.5, 0.6) is 5.75 Å². The van der Waals surface area contributed by atoms with Crippen molar-refractivity contribution in [1.82, 2.24) is 0 Å². The summed E-state index contributed by atoms with van der Waals surface area (Å²) in [6.07, 6.45) is 0.153. The highest BCUT2D eigenvalue weighted by Gasteiger charge is 2.33. The van der Waals surface area contributed by atoms with Gasteiger partial charge in [-0.25, -0.2) is 18.5 Å². The van der Waals surface area contributed by atoms with E-state index in [0.29, 0.717) is 18.7 Å². The zero-order chi connectivity index (χ0) is 19.8. The molecule has 0 radical (unpaired) electrons. The van der Waals surface area contributed by atoms with Gasteiger partial charge in [0.05, 0.1) is 22.7 Å². The summed E-state index contributed by atoms with van der Waals surface area (Å²) in [5, 5.41) is 15.0. The third-order valence-electron chi connectivity index (χ3n) is 4.11. The van der Waals surface area contributed by atoms with Gasteiger partial charge in [0.25, 0.3) is 0 Å². The predicted molar refractivity (Wildman–Crippen MR) is 99.1 cm³/mol. The van der Waals surface area contributed by atoms with E-state index >= 15 is 0 Å². The van der Waals surface area contributed by atoms with Gasteiger partial charge < -0.3 is 10.8 Å². The second-order valence-electron chi connectivity index (χ2n) is 6.11. The molecule has 0 fully saturated rings. The summed E-state index contributed by atoms with van der Waals surface area (Å²) >= 11 is 0. The Hall–Kier alpha value is -2.88. The molecular weight excluding hydrogens is 370 g/mol. The molecular formula is C18H17N3O5S. The second-order valence-corrected chi connectivity index (χ2v) is 7.64. The molecule has 0 saturated heterocycles. The summed E-state index contributed by atoms with van der Waals surface area (Å²) in [6, 6.07) is 8.46. The van der Waals surface area contributed by atoms with Crippen LogP contribution in [0.1, 0.15) is 32.7 Å². The van der Waals surface area contributed by atoms with E-state index in [0.717, 1.165) is 5.56 Å². The molecule has 1 aliphatic rings. The Kier molecular flexibility index (Phi) is 4.92. The molecule has 0 aromatic heterocycles. The van der Waals surface area contributed by atoms with Crippen molar-refractivity contribution in [3.63, 3.8) is 0 Å². The van der Waals surface area contributed by atoms with E-state index in [1.807, 2.05) is 0 Å². The van der Waals surface area contributed by atoms with Crippen LogP contribution in [0.3, 0.4) is 0 Å². The number of phenols is 1. The number of fused-ring (bicyclic) bond motifs is 1. The van der Waals surface area contributed by atoms with E-state index in [2.05, 4.69) is 4.99 Å². The maximum absolute atomic E-state index is 12.7. The van der Waals surface area contributed by atoms with Gasteiger partial charge in [0.2, 0.25) is 15.8 Å². The number of rotatable bonds is 4. The van der Waals surface area contributed by atoms with Gasteiger partial charge >= 0.3 is 0 Å². The minimum absolute atomic E-state index is 0.0354. The molecule has 9 heteroatoms. The topological polar surface area (TPSA) is 153 Å². The van der Waals surface area contributed by atoms with Crippen molar-refractivity contribution in [2.45, 2.75) is 17.7 Å². The highest BCUT2D eigenvalue weighted by molar-refractivity contribution is 7.89. The number of aliphatic imine (C=N–C) groups is 1. The SMILES string of the molecule is NCCc1cc(O)cc(N=C2CC(=O)c3c(cccc3S(N)(=O)=O)C2=O)c1. The lowest BCUT2D eigenvalue weighted by atomic mass is 9.88. The number of nitrogens with zero attached hydrogens (tertiary/aromatic N) is 1. The highest BCUT2D eigenvalue weighted by atomic mass is 32.2. The number of ketones is 2. The van der Waals surface area contributed by atoms with Gasteiger partial charge in [-0.2, -0.15) is 0 Å². The molecule has 8 nitrogen and oxygen atoms in total. The van der Waals surface area contributed by atoms with E-state index in [4.69, 9.17) is 10.9 Å². The fourth-order valence-electron chi connectivity index (χ4n) is 3.00. The van der Waals surface area contributed by atoms with E-state index in [-0.39, 0.29) is 33.9 Å². The van der Waals surface area contributed by atoms with Gasteiger partial charge in [-0.3, -0.25) is 9.59 Å². The fraction of sp³-hybridized carbons (Fsp3) is 0.167. The Bertz CT molecular complexity index is 1090. The molecule has 0 bridgehead atoms. The minimum Gasteiger partial charge on any atom is -0.508 e. The van der Waals surface area contributed by atoms with Crippen LogP contribution in [0.25, 0.3) is 0 Å². The summed E-state index contributed by atoms with van der Waals surface area (Å²) in [5.41, 5.74) is 6.26. The van der Waals surface area contributed by atoms with Crippen LogP contribution in [0.15, 0.2) is 46.3 Å². The number of primary sulfonamides is 1. The lowest BCUT2D eigenvalue weighted by molar-refractivity contribution is 0.0962. The average molecular weight is 387 g/mol. The van der Waals surface area contributed by atoms with Crippen molar-refractivity contribution >= 4 is 33.0 Å². The smallest absolute Gasteiger partial charge is 0.238 e. The quantitative estimate of drug-likeness (QED) is 0.713. The number of hydrogen-bond donors (Lipinski definition) is 3. The summed E-state index contributed by atoms with van der Waals surface area (Å²) in [4.78, 5) is 29.1. The van der Waals surface area contributed by atoms with Crippen LogP contribution in [0, 0.1) is 0 Å². The maximum Gasteiger partial charge on any atom is 0.238 e. The van der Waals surface area contributed by atoms with Gasteiger partial charge in [0, 0.05) is 17.2 Å². The third kappa shape index (κ3) is 3.80. The Balaban J connectivity index is 2.09. The molecule has 0 spiro atoms. The maximum atomic E-state index is 12.7. The third-order valence-corrected chi connectivity index (χ3v) is 5.06. The molecule has 2 aromatic rings. The normalized spacial score (nSPS) is 15.9. The van der Waals surface area contributed by atoms with Gasteiger partial charge in [0.1, 0.15) is 5.75 Å². The molecule has 140 valence electrons. The molecule has 0 amide bonds. The van der Waals surface area contributed by atoms with Crippen LogP contribution < -0.4 is 10.9 Å². The Morgan fingerprint density at radius 2 is 1.89 bits per heavy atom. The largest absolute Gasteiger partial charge is 0.508 e. The second kappa shape index (κ2) is 7.03. The molecule has 2 aromatic carbocycles. The number of nitrogens with two attached hydrogens (primary N) is 2. The molecule has 0 unspecified atom stereocenters. The van der Waals surface area contributed by atoms with E-state index in [9.17, 15) is 23.1 Å². The Labute approximate surface area is 155 Å². The number of aromatic hydroxyl groups is 1. The van der Waals surface area contributed by atoms with E-state index in [1.54, 1.807) is 6.07 Å². The van der Waals surface area contributed by atoms with Gasteiger partial charge in [-0.05, 0) is 36.7 Å². The lowest BCUT2D eigenvalue weighted by Gasteiger charge is -2.18. The van der Waals surface area contributed by atoms with Crippen molar-refractivity contribution in [1.29, 1.82) is 0 Å². The summed E-state index contributed by atoms with van der Waals surface area (Å²) in [7, 11) is -4.15. The van der Waals surface area contributed by atoms with Crippen LogP contribution in [0.2, 0.25) is 0 Å². The number of hydrogen-bond acceptors (Lipinski definition) is 7. The minimum atomic E-state index is -4.15. The van der Waals surface area contributed by atoms with Crippen molar-refractivity contribution < 1.29 is 23.1 Å². The molecule has 27 heavy (non-hydrogen) atoms. The first-order valence-electron chi connectivity index (χ1n) is 8.05. The Morgan fingerprint density at radius 3 is 2.56 bits per heavy atom. The number of carbonyl (C=O) groups excluding carboxylic acids is 2. The van der Waals surface area contributed by atoms with Crippen molar-refractivity contribution in [2.24, 2.45) is 15.9 Å². The zero-order valence-corrected chi connectivity index (χ0v) is 15.0. The van der Waals surface area contributed by atoms with Crippen LogP contribution in [-0.2, 0) is 16.4 Å². The highest BCUT2D eigenvalue weighted by Crippen LogP contribution is 2.29. The van der Waals surface area contributed by atoms with Gasteiger partial charge in [0.15, 0.2) is 5.78 Å². The van der Waals surface area contributed by atoms with Gasteiger partial charge in [-0.15, -0.1) is 0 Å². The first kappa shape index (κ1) is 18.9. The van der Waals surface area contributed by atoms with Gasteiger partial charge in [-0.1, -0.05) is 12.1 Å². The standard InChI is InChI=1S/C18H17N3O5S/c19-5-4-10-6-11(8-12(22)7-10)21-14-9-15(23)17-13(18(14)24)2-1-3-16(17)27(20,25)26/h1-3,6-8,22H,4-5,9,19H2,(H2,20,25,26). The molecule has 0 saturated carbocycles. The summed E-state index contributed by atoms with van der Waals surface area (Å²) < 4.78 is 23.4. The van der Waals surface area contributed by atoms with E-state index in [1.165, 1.54) is 30.3 Å². The summed E-state index contributed by atoms with van der Waals surface area (Å²) in [6.45, 7) is 0.376. The number of Topliss-reactive ketones (excluding diaryl/α,β-unsaturated/α-hetero) is 2. The monoisotopic (exact) mass is 387 g/mol. The average Bonchev–Trinajstić information content (AvgIpc) is 2.58. The summed E-state index contributed by atoms with van der Waals surface area (Å²) in [5.74, 6) is -1.15. The van der Waals surface area contributed by atoms with Crippen LogP contribution >= 0.6 is 0 Å². The lowest BCUT2D eigenvalue weighted by Crippen LogP contribution is -2.30.